The third kappa shape index (κ3) is 4.32. The Labute approximate surface area is 105 Å². The lowest BCUT2D eigenvalue weighted by Crippen LogP contribution is -2.32. The third-order valence-electron chi connectivity index (χ3n) is 2.30. The molecule has 1 amide bonds. The number of carbonyl (C=O) groups excluding carboxylic acids is 1. The summed E-state index contributed by atoms with van der Waals surface area (Å²) in [5.74, 6) is -1.21. The lowest BCUT2D eigenvalue weighted by Gasteiger charge is -2.11. The smallest absolute Gasteiger partial charge is 0.254 e. The molecule has 0 aliphatic rings. The fourth-order valence-corrected chi connectivity index (χ4v) is 1.57. The van der Waals surface area contributed by atoms with E-state index in [1.54, 1.807) is 0 Å². The molecule has 0 aromatic heterocycles. The summed E-state index contributed by atoms with van der Waals surface area (Å²) in [6.07, 6.45) is 0.828. The molecule has 0 aliphatic carbocycles. The first-order valence-corrected chi connectivity index (χ1v) is 5.83. The van der Waals surface area contributed by atoms with Gasteiger partial charge < -0.3 is 10.4 Å². The summed E-state index contributed by atoms with van der Waals surface area (Å²) in [5, 5.41) is 12.1. The summed E-state index contributed by atoms with van der Waals surface area (Å²) >= 11 is 5.58. The van der Waals surface area contributed by atoms with Crippen molar-refractivity contribution in [2.24, 2.45) is 0 Å². The Morgan fingerprint density at radius 1 is 1.59 bits per heavy atom. The Morgan fingerprint density at radius 2 is 2.29 bits per heavy atom. The first kappa shape index (κ1) is 13.9. The zero-order chi connectivity index (χ0) is 12.8. The van der Waals surface area contributed by atoms with E-state index in [0.29, 0.717) is 6.42 Å². The van der Waals surface area contributed by atoms with Crippen molar-refractivity contribution in [2.45, 2.75) is 25.9 Å². The second kappa shape index (κ2) is 6.57. The second-order valence-corrected chi connectivity index (χ2v) is 4.21. The van der Waals surface area contributed by atoms with Gasteiger partial charge in [0.25, 0.3) is 5.91 Å². The fourth-order valence-electron chi connectivity index (χ4n) is 1.41. The molecule has 0 saturated carbocycles. The molecular weight excluding hydrogens is 245 g/mol. The molecule has 1 atom stereocenters. The number of nitrogens with one attached hydrogen (secondary N) is 1. The van der Waals surface area contributed by atoms with E-state index in [0.717, 1.165) is 12.5 Å². The molecule has 0 fully saturated rings. The number of benzene rings is 1. The van der Waals surface area contributed by atoms with Crippen LogP contribution in [0.2, 0.25) is 5.02 Å². The zero-order valence-electron chi connectivity index (χ0n) is 9.54. The van der Waals surface area contributed by atoms with Gasteiger partial charge in [-0.25, -0.2) is 4.39 Å². The zero-order valence-corrected chi connectivity index (χ0v) is 10.3. The Kier molecular flexibility index (Phi) is 5.38. The van der Waals surface area contributed by atoms with Crippen LogP contribution >= 0.6 is 11.6 Å². The van der Waals surface area contributed by atoms with E-state index in [-0.39, 0.29) is 17.1 Å². The molecule has 1 rings (SSSR count). The van der Waals surface area contributed by atoms with Crippen LogP contribution in [0.3, 0.4) is 0 Å². The number of amides is 1. The Morgan fingerprint density at radius 3 is 2.88 bits per heavy atom. The van der Waals surface area contributed by atoms with Crippen molar-refractivity contribution in [1.82, 2.24) is 5.32 Å². The molecule has 0 radical (unpaired) electrons. The molecule has 0 spiro atoms. The van der Waals surface area contributed by atoms with E-state index in [1.807, 2.05) is 6.92 Å². The highest BCUT2D eigenvalue weighted by Crippen LogP contribution is 2.14. The summed E-state index contributed by atoms with van der Waals surface area (Å²) in [7, 11) is 0. The predicted octanol–water partition coefficient (Wildman–Crippen LogP) is 2.37. The van der Waals surface area contributed by atoms with Crippen molar-refractivity contribution in [3.63, 3.8) is 0 Å². The standard InChI is InChI=1S/C12H15ClFNO2/c1-2-3-9(16)7-15-12(17)10-5-4-8(13)6-11(10)14/h4-6,9,16H,2-3,7H2,1H3,(H,15,17). The van der Waals surface area contributed by atoms with Crippen molar-refractivity contribution in [2.75, 3.05) is 6.54 Å². The first-order valence-electron chi connectivity index (χ1n) is 5.46. The number of hydrogen-bond donors (Lipinski definition) is 2. The molecule has 1 aromatic rings. The van der Waals surface area contributed by atoms with Crippen molar-refractivity contribution in [1.29, 1.82) is 0 Å². The van der Waals surface area contributed by atoms with Gasteiger partial charge in [0.05, 0.1) is 11.7 Å². The molecule has 1 aromatic carbocycles. The Hall–Kier alpha value is -1.13. The molecule has 1 unspecified atom stereocenters. The molecule has 5 heteroatoms. The van der Waals surface area contributed by atoms with Gasteiger partial charge in [0.15, 0.2) is 0 Å². The molecule has 0 aliphatic heterocycles. The lowest BCUT2D eigenvalue weighted by atomic mass is 10.2. The minimum absolute atomic E-state index is 0.0712. The molecule has 94 valence electrons. The average molecular weight is 260 g/mol. The average Bonchev–Trinajstić information content (AvgIpc) is 2.26. The summed E-state index contributed by atoms with van der Waals surface area (Å²) in [6, 6.07) is 3.85. The monoisotopic (exact) mass is 259 g/mol. The molecule has 0 bridgehead atoms. The normalized spacial score (nSPS) is 12.2. The van der Waals surface area contributed by atoms with Crippen LogP contribution in [0.5, 0.6) is 0 Å². The highest BCUT2D eigenvalue weighted by atomic mass is 35.5. The Balaban J connectivity index is 2.58. The fraction of sp³-hybridized carbons (Fsp3) is 0.417. The maximum Gasteiger partial charge on any atom is 0.254 e. The lowest BCUT2D eigenvalue weighted by molar-refractivity contribution is 0.0906. The van der Waals surface area contributed by atoms with Gasteiger partial charge in [-0.15, -0.1) is 0 Å². The number of halogens is 2. The van der Waals surface area contributed by atoms with E-state index in [1.165, 1.54) is 12.1 Å². The minimum atomic E-state index is -0.667. The summed E-state index contributed by atoms with van der Waals surface area (Å²) in [4.78, 5) is 11.6. The second-order valence-electron chi connectivity index (χ2n) is 3.78. The molecule has 17 heavy (non-hydrogen) atoms. The number of aliphatic hydroxyl groups excluding tert-OH is 1. The van der Waals surface area contributed by atoms with Gasteiger partial charge in [-0.05, 0) is 24.6 Å². The predicted molar refractivity (Wildman–Crippen MR) is 64.7 cm³/mol. The number of hydrogen-bond acceptors (Lipinski definition) is 2. The van der Waals surface area contributed by atoms with Crippen LogP contribution in [-0.2, 0) is 0 Å². The molecule has 0 heterocycles. The van der Waals surface area contributed by atoms with Crippen molar-refractivity contribution >= 4 is 17.5 Å². The van der Waals surface area contributed by atoms with Crippen LogP contribution in [0, 0.1) is 5.82 Å². The molecular formula is C12H15ClFNO2. The minimum Gasteiger partial charge on any atom is -0.391 e. The van der Waals surface area contributed by atoms with E-state index >= 15 is 0 Å². The number of aliphatic hydroxyl groups is 1. The van der Waals surface area contributed by atoms with Crippen molar-refractivity contribution < 1.29 is 14.3 Å². The van der Waals surface area contributed by atoms with Crippen LogP contribution < -0.4 is 5.32 Å². The van der Waals surface area contributed by atoms with Gasteiger partial charge >= 0.3 is 0 Å². The van der Waals surface area contributed by atoms with E-state index in [2.05, 4.69) is 5.32 Å². The van der Waals surface area contributed by atoms with E-state index < -0.39 is 17.8 Å². The highest BCUT2D eigenvalue weighted by Gasteiger charge is 2.12. The maximum atomic E-state index is 13.4. The van der Waals surface area contributed by atoms with Gasteiger partial charge in [0.2, 0.25) is 0 Å². The van der Waals surface area contributed by atoms with Crippen LogP contribution in [0.4, 0.5) is 4.39 Å². The van der Waals surface area contributed by atoms with Gasteiger partial charge in [-0.3, -0.25) is 4.79 Å². The Bertz CT molecular complexity index is 398. The quantitative estimate of drug-likeness (QED) is 0.853. The van der Waals surface area contributed by atoms with E-state index in [4.69, 9.17) is 11.6 Å². The van der Waals surface area contributed by atoms with Crippen LogP contribution in [0.1, 0.15) is 30.1 Å². The van der Waals surface area contributed by atoms with Crippen LogP contribution in [-0.4, -0.2) is 23.7 Å². The molecule has 3 nitrogen and oxygen atoms in total. The van der Waals surface area contributed by atoms with Gasteiger partial charge in [0.1, 0.15) is 5.82 Å². The van der Waals surface area contributed by atoms with Gasteiger partial charge in [-0.1, -0.05) is 24.9 Å². The summed E-state index contributed by atoms with van der Waals surface area (Å²) < 4.78 is 13.4. The molecule has 2 N–H and O–H groups in total. The first-order chi connectivity index (χ1) is 8.04. The van der Waals surface area contributed by atoms with Crippen LogP contribution in [0.25, 0.3) is 0 Å². The van der Waals surface area contributed by atoms with Gasteiger partial charge in [-0.2, -0.15) is 0 Å². The van der Waals surface area contributed by atoms with Crippen molar-refractivity contribution in [3.8, 4) is 0 Å². The maximum absolute atomic E-state index is 13.4. The van der Waals surface area contributed by atoms with E-state index in [9.17, 15) is 14.3 Å². The van der Waals surface area contributed by atoms with Crippen molar-refractivity contribution in [3.05, 3.63) is 34.6 Å². The largest absolute Gasteiger partial charge is 0.391 e. The summed E-state index contributed by atoms with van der Waals surface area (Å²) in [6.45, 7) is 2.05. The van der Waals surface area contributed by atoms with Crippen LogP contribution in [0.15, 0.2) is 18.2 Å². The number of carbonyl (C=O) groups is 1. The topological polar surface area (TPSA) is 49.3 Å². The number of rotatable bonds is 5. The summed E-state index contributed by atoms with van der Waals surface area (Å²) in [5.41, 5.74) is -0.0712. The third-order valence-corrected chi connectivity index (χ3v) is 2.53. The highest BCUT2D eigenvalue weighted by molar-refractivity contribution is 6.30. The SMILES string of the molecule is CCCC(O)CNC(=O)c1ccc(Cl)cc1F. The van der Waals surface area contributed by atoms with Gasteiger partial charge in [0, 0.05) is 11.6 Å². The molecule has 0 saturated heterocycles.